The maximum atomic E-state index is 13.8. The lowest BCUT2D eigenvalue weighted by molar-refractivity contribution is -0.131. The molecule has 4 heterocycles. The standard InChI is InChI=1S/C31H38FN7O2/c1-21(32)30(40)39-16-15-38(18-24(39)17-33-2)29-26-12-14-37(28-11-5-8-22-7-4-10-25(22)28)19-27(26)34-31(35-29)41-20-23-9-6-13-36(23)3/h5,8,11,23-24H,1,4,6-7,9-10,12-20H2,3H3/t23-,24-/m0/s1. The van der Waals surface area contributed by atoms with E-state index in [2.05, 4.69) is 51.4 Å². The zero-order valence-electron chi connectivity index (χ0n) is 23.8. The summed E-state index contributed by atoms with van der Waals surface area (Å²) in [7, 11) is 2.13. The van der Waals surface area contributed by atoms with Crippen LogP contribution in [0.1, 0.15) is 41.6 Å². The van der Waals surface area contributed by atoms with E-state index in [1.165, 1.54) is 28.1 Å². The largest absolute Gasteiger partial charge is 0.462 e. The molecule has 0 bridgehead atoms. The highest BCUT2D eigenvalue weighted by Crippen LogP contribution is 2.36. The van der Waals surface area contributed by atoms with Gasteiger partial charge in [0.05, 0.1) is 12.2 Å². The fourth-order valence-corrected chi connectivity index (χ4v) is 6.91. The van der Waals surface area contributed by atoms with Gasteiger partial charge >= 0.3 is 6.01 Å². The van der Waals surface area contributed by atoms with Gasteiger partial charge in [-0.15, -0.1) is 0 Å². The van der Waals surface area contributed by atoms with Crippen LogP contribution in [0.15, 0.2) is 30.6 Å². The van der Waals surface area contributed by atoms with Crippen molar-refractivity contribution in [2.45, 2.75) is 57.2 Å². The zero-order valence-corrected chi connectivity index (χ0v) is 23.8. The van der Waals surface area contributed by atoms with Gasteiger partial charge in [0.25, 0.3) is 5.91 Å². The van der Waals surface area contributed by atoms with E-state index in [-0.39, 0.29) is 6.54 Å². The smallest absolute Gasteiger partial charge is 0.318 e. The maximum Gasteiger partial charge on any atom is 0.318 e. The van der Waals surface area contributed by atoms with Gasteiger partial charge in [0.15, 0.2) is 5.83 Å². The molecular formula is C31H38FN7O2. The van der Waals surface area contributed by atoms with Gasteiger partial charge in [-0.25, -0.2) is 11.0 Å². The van der Waals surface area contributed by atoms with Crippen molar-refractivity contribution in [1.29, 1.82) is 0 Å². The molecule has 0 spiro atoms. The maximum absolute atomic E-state index is 13.8. The highest BCUT2D eigenvalue weighted by Gasteiger charge is 2.36. The number of amides is 1. The van der Waals surface area contributed by atoms with Crippen molar-refractivity contribution in [2.75, 3.05) is 62.7 Å². The lowest BCUT2D eigenvalue weighted by atomic mass is 10.0. The van der Waals surface area contributed by atoms with Crippen LogP contribution in [0, 0.1) is 6.57 Å². The monoisotopic (exact) mass is 559 g/mol. The molecule has 2 saturated heterocycles. The summed E-state index contributed by atoms with van der Waals surface area (Å²) in [5.41, 5.74) is 6.27. The van der Waals surface area contributed by atoms with Gasteiger partial charge in [-0.2, -0.15) is 9.97 Å². The molecule has 1 aliphatic carbocycles. The Bertz CT molecular complexity index is 1370. The van der Waals surface area contributed by atoms with E-state index in [1.807, 2.05) is 0 Å². The number of benzene rings is 1. The number of nitrogens with zero attached hydrogens (tertiary/aromatic N) is 7. The second kappa shape index (κ2) is 11.6. The molecule has 9 nitrogen and oxygen atoms in total. The van der Waals surface area contributed by atoms with E-state index in [0.29, 0.717) is 44.8 Å². The third kappa shape index (κ3) is 5.47. The Morgan fingerprint density at radius 3 is 2.76 bits per heavy atom. The number of piperazine rings is 1. The highest BCUT2D eigenvalue weighted by atomic mass is 19.1. The Labute approximate surface area is 241 Å². The molecule has 216 valence electrons. The average molecular weight is 560 g/mol. The van der Waals surface area contributed by atoms with Crippen LogP contribution in [0.25, 0.3) is 4.85 Å². The summed E-state index contributed by atoms with van der Waals surface area (Å²) in [4.78, 5) is 34.2. The van der Waals surface area contributed by atoms with Crippen LogP contribution in [0.3, 0.4) is 0 Å². The van der Waals surface area contributed by atoms with E-state index >= 15 is 0 Å². The summed E-state index contributed by atoms with van der Waals surface area (Å²) in [6, 6.07) is 6.91. The van der Waals surface area contributed by atoms with Crippen LogP contribution >= 0.6 is 0 Å². The lowest BCUT2D eigenvalue weighted by Crippen LogP contribution is -2.57. The number of carbonyl (C=O) groups excluding carboxylic acids is 1. The number of rotatable bonds is 7. The molecule has 41 heavy (non-hydrogen) atoms. The summed E-state index contributed by atoms with van der Waals surface area (Å²) >= 11 is 0. The number of halogens is 1. The van der Waals surface area contributed by atoms with Crippen molar-refractivity contribution in [2.24, 2.45) is 0 Å². The van der Waals surface area contributed by atoms with E-state index in [4.69, 9.17) is 21.3 Å². The molecule has 1 amide bonds. The van der Waals surface area contributed by atoms with E-state index in [1.54, 1.807) is 0 Å². The highest BCUT2D eigenvalue weighted by molar-refractivity contribution is 5.91. The Morgan fingerprint density at radius 2 is 1.98 bits per heavy atom. The third-order valence-corrected chi connectivity index (χ3v) is 9.14. The number of carbonyl (C=O) groups is 1. The first-order chi connectivity index (χ1) is 19.9. The van der Waals surface area contributed by atoms with E-state index < -0.39 is 17.8 Å². The number of likely N-dealkylation sites (tertiary alicyclic amines) is 1. The quantitative estimate of drug-likeness (QED) is 0.380. The minimum Gasteiger partial charge on any atom is -0.462 e. The lowest BCUT2D eigenvalue weighted by Gasteiger charge is -2.41. The van der Waals surface area contributed by atoms with Crippen LogP contribution < -0.4 is 14.5 Å². The first-order valence-electron chi connectivity index (χ1n) is 14.7. The summed E-state index contributed by atoms with van der Waals surface area (Å²) < 4.78 is 20.0. The second-order valence-corrected chi connectivity index (χ2v) is 11.6. The molecule has 10 heteroatoms. The van der Waals surface area contributed by atoms with Crippen LogP contribution in [0.5, 0.6) is 6.01 Å². The molecule has 0 N–H and O–H groups in total. The Hall–Kier alpha value is -3.71. The first-order valence-corrected chi connectivity index (χ1v) is 14.7. The number of ether oxygens (including phenoxy) is 1. The molecule has 2 fully saturated rings. The van der Waals surface area contributed by atoms with Gasteiger partial charge in [0.1, 0.15) is 18.5 Å². The van der Waals surface area contributed by atoms with Gasteiger partial charge in [0, 0.05) is 43.5 Å². The number of aromatic nitrogens is 2. The number of fused-ring (bicyclic) bond motifs is 2. The minimum absolute atomic E-state index is 0.0903. The first kappa shape index (κ1) is 27.5. The molecule has 0 unspecified atom stereocenters. The van der Waals surface area contributed by atoms with Gasteiger partial charge in [0.2, 0.25) is 6.54 Å². The molecule has 1 aromatic heterocycles. The molecule has 2 atom stereocenters. The Balaban J connectivity index is 1.31. The summed E-state index contributed by atoms with van der Waals surface area (Å²) in [6.45, 7) is 15.0. The average Bonchev–Trinajstić information content (AvgIpc) is 3.63. The van der Waals surface area contributed by atoms with E-state index in [9.17, 15) is 9.18 Å². The predicted octanol–water partition coefficient (Wildman–Crippen LogP) is 3.42. The van der Waals surface area contributed by atoms with Gasteiger partial charge in [-0.1, -0.05) is 18.7 Å². The number of aryl methyl sites for hydroxylation is 1. The number of hydrogen-bond donors (Lipinski definition) is 0. The number of hydrogen-bond acceptors (Lipinski definition) is 7. The Kier molecular flexibility index (Phi) is 7.80. The number of anilines is 2. The van der Waals surface area contributed by atoms with Crippen LogP contribution in [0.4, 0.5) is 15.9 Å². The normalized spacial score (nSPS) is 22.3. The zero-order chi connectivity index (χ0) is 28.5. The van der Waals surface area contributed by atoms with Crippen LogP contribution in [-0.4, -0.2) is 90.7 Å². The van der Waals surface area contributed by atoms with E-state index in [0.717, 1.165) is 62.3 Å². The van der Waals surface area contributed by atoms with Gasteiger partial charge in [-0.3, -0.25) is 4.79 Å². The topological polar surface area (TPSA) is 69.4 Å². The third-order valence-electron chi connectivity index (χ3n) is 9.14. The second-order valence-electron chi connectivity index (χ2n) is 11.6. The Morgan fingerprint density at radius 1 is 1.10 bits per heavy atom. The number of likely N-dealkylation sites (N-methyl/N-ethyl adjacent to an activating group) is 1. The summed E-state index contributed by atoms with van der Waals surface area (Å²) in [5.74, 6) is -0.921. The fraction of sp³-hybridized carbons (Fsp3) is 0.548. The molecular weight excluding hydrogens is 521 g/mol. The molecule has 3 aliphatic heterocycles. The van der Waals surface area contributed by atoms with Crippen molar-refractivity contribution >= 4 is 17.4 Å². The van der Waals surface area contributed by atoms with Gasteiger partial charge in [-0.05, 0) is 69.3 Å². The fourth-order valence-electron chi connectivity index (χ4n) is 6.91. The predicted molar refractivity (Wildman–Crippen MR) is 156 cm³/mol. The van der Waals surface area contributed by atoms with Crippen molar-refractivity contribution in [1.82, 2.24) is 19.8 Å². The van der Waals surface area contributed by atoms with Crippen molar-refractivity contribution in [3.05, 3.63) is 64.4 Å². The molecule has 2 aromatic rings. The molecule has 0 saturated carbocycles. The summed E-state index contributed by atoms with van der Waals surface area (Å²) in [5, 5.41) is 0. The van der Waals surface area contributed by atoms with Crippen LogP contribution in [0.2, 0.25) is 0 Å². The molecule has 6 rings (SSSR count). The molecule has 1 aromatic carbocycles. The molecule has 4 aliphatic rings. The SMILES string of the molecule is [C-]#[N+]C[C@H]1CN(c2nc(OC[C@@H]3CCCN3C)nc3c2CCN(c2cccc4c2CCC4)C3)CCN1C(=O)C(=C)F. The summed E-state index contributed by atoms with van der Waals surface area (Å²) in [6.07, 6.45) is 6.50. The van der Waals surface area contributed by atoms with Gasteiger partial charge < -0.3 is 29.2 Å². The van der Waals surface area contributed by atoms with Crippen LogP contribution in [-0.2, 0) is 30.6 Å². The van der Waals surface area contributed by atoms with Crippen molar-refractivity contribution < 1.29 is 13.9 Å². The van der Waals surface area contributed by atoms with Crippen molar-refractivity contribution in [3.8, 4) is 6.01 Å². The minimum atomic E-state index is -0.993. The van der Waals surface area contributed by atoms with Crippen molar-refractivity contribution in [3.63, 3.8) is 0 Å². The molecule has 0 radical (unpaired) electrons.